The lowest BCUT2D eigenvalue weighted by Crippen LogP contribution is -2.07. The third-order valence-corrected chi connectivity index (χ3v) is 3.30. The van der Waals surface area contributed by atoms with Gasteiger partial charge in [0.2, 0.25) is 6.79 Å². The molecule has 2 rings (SSSR count). The zero-order valence-electron chi connectivity index (χ0n) is 12.7. The van der Waals surface area contributed by atoms with Crippen LogP contribution >= 0.6 is 0 Å². The molecule has 2 aromatic carbocycles. The second-order valence-electron chi connectivity index (χ2n) is 4.88. The minimum Gasteiger partial charge on any atom is -0.457 e. The third kappa shape index (κ3) is 5.33. The van der Waals surface area contributed by atoms with Gasteiger partial charge < -0.3 is 9.47 Å². The summed E-state index contributed by atoms with van der Waals surface area (Å²) >= 11 is 0. The van der Waals surface area contributed by atoms with Gasteiger partial charge in [0.25, 0.3) is 0 Å². The smallest absolute Gasteiger partial charge is 0.333 e. The Balaban J connectivity index is 1.81. The van der Waals surface area contributed by atoms with Crippen LogP contribution in [0.3, 0.4) is 0 Å². The third-order valence-electron chi connectivity index (χ3n) is 3.30. The first kappa shape index (κ1) is 16.3. The maximum Gasteiger partial charge on any atom is 0.333 e. The molecule has 0 aliphatic heterocycles. The van der Waals surface area contributed by atoms with Gasteiger partial charge in [0.1, 0.15) is 5.75 Å². The predicted molar refractivity (Wildman–Crippen MR) is 86.8 cm³/mol. The van der Waals surface area contributed by atoms with Crippen molar-refractivity contribution in [1.82, 2.24) is 0 Å². The van der Waals surface area contributed by atoms with Crippen LogP contribution in [0.15, 0.2) is 61.2 Å². The van der Waals surface area contributed by atoms with Gasteiger partial charge in [0.15, 0.2) is 0 Å². The van der Waals surface area contributed by atoms with Gasteiger partial charge in [-0.3, -0.25) is 0 Å². The molecule has 0 unspecified atom stereocenters. The van der Waals surface area contributed by atoms with E-state index >= 15 is 0 Å². The van der Waals surface area contributed by atoms with Crippen LogP contribution in [0.25, 0.3) is 0 Å². The van der Waals surface area contributed by atoms with Crippen LogP contribution < -0.4 is 4.74 Å². The van der Waals surface area contributed by atoms with Crippen molar-refractivity contribution in [3.05, 3.63) is 77.9 Å². The van der Waals surface area contributed by atoms with E-state index < -0.39 is 5.97 Å². The van der Waals surface area contributed by atoms with Crippen LogP contribution in [0.4, 0.5) is 0 Å². The van der Waals surface area contributed by atoms with Gasteiger partial charge in [0, 0.05) is 6.08 Å². The van der Waals surface area contributed by atoms with Crippen LogP contribution in [0.2, 0.25) is 0 Å². The molecule has 0 bridgehead atoms. The van der Waals surface area contributed by atoms with E-state index in [0.717, 1.165) is 18.9 Å². The quantitative estimate of drug-likeness (QED) is 0.447. The van der Waals surface area contributed by atoms with E-state index in [0.29, 0.717) is 11.3 Å². The molecule has 0 aromatic heterocycles. The molecule has 0 spiro atoms. The molecule has 23 heavy (non-hydrogen) atoms. The molecular weight excluding hydrogens is 290 g/mol. The lowest BCUT2D eigenvalue weighted by molar-refractivity contribution is -0.144. The minimum absolute atomic E-state index is 0.130. The van der Waals surface area contributed by atoms with Gasteiger partial charge in [-0.05, 0) is 48.2 Å². The lowest BCUT2D eigenvalue weighted by atomic mass is 10.0. The number of esters is 1. The van der Waals surface area contributed by atoms with Gasteiger partial charge >= 0.3 is 5.97 Å². The number of benzene rings is 2. The summed E-state index contributed by atoms with van der Waals surface area (Å²) in [5, 5.41) is 8.77. The molecule has 0 heterocycles. The number of carbonyl (C=O) groups excluding carboxylic acids is 1. The van der Waals surface area contributed by atoms with Crippen LogP contribution in [-0.4, -0.2) is 12.8 Å². The standard InChI is InChI=1S/C19H17NO3/c1-2-19(21)23-14-22-18-11-9-16(10-12-18)4-3-15-5-7-17(13-20)8-6-15/h2,5-12H,1,3-4,14H2. The highest BCUT2D eigenvalue weighted by atomic mass is 16.7. The molecule has 4 nitrogen and oxygen atoms in total. The van der Waals surface area contributed by atoms with Crippen LogP contribution in [0, 0.1) is 11.3 Å². The normalized spacial score (nSPS) is 9.70. The van der Waals surface area contributed by atoms with E-state index in [4.69, 9.17) is 14.7 Å². The summed E-state index contributed by atoms with van der Waals surface area (Å²) in [4.78, 5) is 10.9. The van der Waals surface area contributed by atoms with E-state index in [9.17, 15) is 4.79 Å². The number of carbonyl (C=O) groups is 1. The van der Waals surface area contributed by atoms with Crippen molar-refractivity contribution >= 4 is 5.97 Å². The zero-order valence-corrected chi connectivity index (χ0v) is 12.7. The Morgan fingerprint density at radius 3 is 2.13 bits per heavy atom. The Kier molecular flexibility index (Phi) is 5.96. The Hall–Kier alpha value is -3.06. The van der Waals surface area contributed by atoms with E-state index in [2.05, 4.69) is 12.6 Å². The molecule has 0 radical (unpaired) electrons. The number of hydrogen-bond acceptors (Lipinski definition) is 4. The number of ether oxygens (including phenoxy) is 2. The predicted octanol–water partition coefficient (Wildman–Crippen LogP) is 3.41. The van der Waals surface area contributed by atoms with E-state index in [-0.39, 0.29) is 6.79 Å². The van der Waals surface area contributed by atoms with Crippen LogP contribution in [0.5, 0.6) is 5.75 Å². The second kappa shape index (κ2) is 8.40. The van der Waals surface area contributed by atoms with Gasteiger partial charge in [-0.15, -0.1) is 0 Å². The number of nitrogens with zero attached hydrogens (tertiary/aromatic N) is 1. The minimum atomic E-state index is -0.510. The fourth-order valence-corrected chi connectivity index (χ4v) is 2.00. The van der Waals surface area contributed by atoms with Gasteiger partial charge in [-0.1, -0.05) is 30.8 Å². The molecule has 0 aliphatic carbocycles. The summed E-state index contributed by atoms with van der Waals surface area (Å²) < 4.78 is 10.0. The summed E-state index contributed by atoms with van der Waals surface area (Å²) in [5.41, 5.74) is 3.05. The fourth-order valence-electron chi connectivity index (χ4n) is 2.00. The van der Waals surface area contributed by atoms with Crippen LogP contribution in [0.1, 0.15) is 16.7 Å². The molecule has 0 atom stereocenters. The van der Waals surface area contributed by atoms with Crippen molar-refractivity contribution in [1.29, 1.82) is 5.26 Å². The van der Waals surface area contributed by atoms with E-state index in [1.165, 1.54) is 11.1 Å². The van der Waals surface area contributed by atoms with Gasteiger partial charge in [-0.25, -0.2) is 4.79 Å². The summed E-state index contributed by atoms with van der Waals surface area (Å²) in [6.45, 7) is 3.18. The molecule has 0 saturated heterocycles. The second-order valence-corrected chi connectivity index (χ2v) is 4.88. The highest BCUT2D eigenvalue weighted by Crippen LogP contribution is 2.14. The Morgan fingerprint density at radius 2 is 1.61 bits per heavy atom. The number of hydrogen-bond donors (Lipinski definition) is 0. The molecule has 2 aromatic rings. The van der Waals surface area contributed by atoms with Crippen molar-refractivity contribution < 1.29 is 14.3 Å². The van der Waals surface area contributed by atoms with Crippen molar-refractivity contribution in [2.45, 2.75) is 12.8 Å². The zero-order chi connectivity index (χ0) is 16.5. The van der Waals surface area contributed by atoms with Gasteiger partial charge in [-0.2, -0.15) is 5.26 Å². The summed E-state index contributed by atoms with van der Waals surface area (Å²) in [6.07, 6.45) is 2.90. The lowest BCUT2D eigenvalue weighted by Gasteiger charge is -2.07. The topological polar surface area (TPSA) is 59.3 Å². The maximum absolute atomic E-state index is 10.9. The fraction of sp³-hybridized carbons (Fsp3) is 0.158. The average Bonchev–Trinajstić information content (AvgIpc) is 2.61. The first-order valence-corrected chi connectivity index (χ1v) is 7.21. The van der Waals surface area contributed by atoms with Crippen molar-refractivity contribution in [3.8, 4) is 11.8 Å². The molecule has 0 saturated carbocycles. The monoisotopic (exact) mass is 307 g/mol. The number of rotatable bonds is 7. The molecule has 4 heteroatoms. The summed E-state index contributed by atoms with van der Waals surface area (Å²) in [6, 6.07) is 17.4. The van der Waals surface area contributed by atoms with Crippen molar-refractivity contribution in [2.24, 2.45) is 0 Å². The van der Waals surface area contributed by atoms with E-state index in [1.54, 1.807) is 0 Å². The molecule has 116 valence electrons. The first-order chi connectivity index (χ1) is 11.2. The highest BCUT2D eigenvalue weighted by molar-refractivity contribution is 5.81. The van der Waals surface area contributed by atoms with Crippen molar-refractivity contribution in [2.75, 3.05) is 6.79 Å². The van der Waals surface area contributed by atoms with Gasteiger partial charge in [0.05, 0.1) is 11.6 Å². The number of aryl methyl sites for hydroxylation is 2. The molecule has 0 N–H and O–H groups in total. The maximum atomic E-state index is 10.9. The van der Waals surface area contributed by atoms with E-state index in [1.807, 2.05) is 48.5 Å². The summed E-state index contributed by atoms with van der Waals surface area (Å²) in [7, 11) is 0. The Labute approximate surface area is 135 Å². The largest absolute Gasteiger partial charge is 0.457 e. The molecule has 0 aliphatic rings. The highest BCUT2D eigenvalue weighted by Gasteiger charge is 2.00. The summed E-state index contributed by atoms with van der Waals surface area (Å²) in [5.74, 6) is 0.132. The number of nitriles is 1. The molecule has 0 amide bonds. The molecule has 0 fully saturated rings. The SMILES string of the molecule is C=CC(=O)OCOc1ccc(CCc2ccc(C#N)cc2)cc1. The Bertz CT molecular complexity index is 697. The Morgan fingerprint density at radius 1 is 1.04 bits per heavy atom. The van der Waals surface area contributed by atoms with Crippen molar-refractivity contribution in [3.63, 3.8) is 0 Å². The first-order valence-electron chi connectivity index (χ1n) is 7.21. The average molecular weight is 307 g/mol. The van der Waals surface area contributed by atoms with Crippen LogP contribution in [-0.2, 0) is 22.4 Å². The molecular formula is C19H17NO3.